The summed E-state index contributed by atoms with van der Waals surface area (Å²) in [4.78, 5) is 21.7. The highest BCUT2D eigenvalue weighted by atomic mass is 16.1. The first-order chi connectivity index (χ1) is 14.5. The van der Waals surface area contributed by atoms with Crippen LogP contribution in [0.3, 0.4) is 0 Å². The molecular weight excluding hydrogens is 372 g/mol. The number of aromatic nitrogens is 1. The number of nitrogens with one attached hydrogen (secondary N) is 1. The van der Waals surface area contributed by atoms with Gasteiger partial charge in [0.05, 0.1) is 0 Å². The smallest absolute Gasteiger partial charge is 0.251 e. The molecule has 2 heterocycles. The number of nitrogen functional groups attached to an aromatic ring is 1. The van der Waals surface area contributed by atoms with E-state index in [1.807, 2.05) is 38.1 Å². The second-order valence-corrected chi connectivity index (χ2v) is 8.11. The summed E-state index contributed by atoms with van der Waals surface area (Å²) in [5.74, 6) is 1.14. The first kappa shape index (κ1) is 18.5. The highest BCUT2D eigenvalue weighted by Gasteiger charge is 2.40. The van der Waals surface area contributed by atoms with Crippen molar-refractivity contribution < 1.29 is 4.79 Å². The van der Waals surface area contributed by atoms with Crippen LogP contribution >= 0.6 is 0 Å². The predicted molar refractivity (Wildman–Crippen MR) is 118 cm³/mol. The van der Waals surface area contributed by atoms with Crippen molar-refractivity contribution in [2.45, 2.75) is 38.6 Å². The molecule has 5 heteroatoms. The van der Waals surface area contributed by atoms with Crippen LogP contribution < -0.4 is 11.1 Å². The van der Waals surface area contributed by atoms with E-state index in [9.17, 15) is 4.79 Å². The Bertz CT molecular complexity index is 1160. The Labute approximate surface area is 176 Å². The Hall–Kier alpha value is -3.56. The number of aryl methyl sites for hydroxylation is 2. The van der Waals surface area contributed by atoms with Crippen molar-refractivity contribution in [2.24, 2.45) is 4.99 Å². The van der Waals surface area contributed by atoms with Crippen molar-refractivity contribution in [1.29, 1.82) is 0 Å². The molecule has 0 saturated heterocycles. The highest BCUT2D eigenvalue weighted by Crippen LogP contribution is 2.53. The van der Waals surface area contributed by atoms with Gasteiger partial charge >= 0.3 is 0 Å². The van der Waals surface area contributed by atoms with Crippen molar-refractivity contribution in [3.63, 3.8) is 0 Å². The van der Waals surface area contributed by atoms with E-state index in [2.05, 4.69) is 39.6 Å². The van der Waals surface area contributed by atoms with Crippen LogP contribution in [0.1, 0.15) is 56.6 Å². The van der Waals surface area contributed by atoms with Crippen LogP contribution in [0.25, 0.3) is 0 Å². The number of anilines is 1. The number of amides is 1. The number of hydrogen-bond acceptors (Lipinski definition) is 4. The summed E-state index contributed by atoms with van der Waals surface area (Å²) >= 11 is 0. The van der Waals surface area contributed by atoms with Crippen molar-refractivity contribution in [3.05, 3.63) is 93.9 Å². The molecule has 2 aromatic rings. The van der Waals surface area contributed by atoms with Crippen molar-refractivity contribution in [1.82, 2.24) is 10.3 Å². The number of carbonyl (C=O) groups is 1. The van der Waals surface area contributed by atoms with E-state index in [-0.39, 0.29) is 5.91 Å². The summed E-state index contributed by atoms with van der Waals surface area (Å²) in [5.41, 5.74) is 14.2. The molecule has 5 nitrogen and oxygen atoms in total. The molecule has 1 aromatic carbocycles. The van der Waals surface area contributed by atoms with Gasteiger partial charge in [-0.15, -0.1) is 0 Å². The number of fused-ring (bicyclic) bond motifs is 5. The molecule has 3 N–H and O–H groups in total. The third-order valence-electron chi connectivity index (χ3n) is 6.28. The summed E-state index contributed by atoms with van der Waals surface area (Å²) in [6.45, 7) is 4.34. The molecule has 1 amide bonds. The molecule has 0 spiro atoms. The topological polar surface area (TPSA) is 80.4 Å². The lowest BCUT2D eigenvalue weighted by Gasteiger charge is -2.17. The molecule has 0 saturated carbocycles. The van der Waals surface area contributed by atoms with E-state index in [1.165, 1.54) is 16.7 Å². The average molecular weight is 395 g/mol. The molecule has 2 atom stereocenters. The van der Waals surface area contributed by atoms with Crippen molar-refractivity contribution in [3.8, 4) is 0 Å². The van der Waals surface area contributed by atoms with Gasteiger partial charge < -0.3 is 11.1 Å². The van der Waals surface area contributed by atoms with Crippen LogP contribution in [0.4, 0.5) is 5.82 Å². The Morgan fingerprint density at radius 2 is 2.13 bits per heavy atom. The fourth-order valence-electron chi connectivity index (χ4n) is 4.83. The zero-order valence-corrected chi connectivity index (χ0v) is 17.1. The Morgan fingerprint density at radius 1 is 1.27 bits per heavy atom. The molecule has 1 aliphatic heterocycles. The maximum absolute atomic E-state index is 12.9. The van der Waals surface area contributed by atoms with E-state index in [0.717, 1.165) is 29.0 Å². The SMILES string of the molecule is Cc1cc(N)nc(C)c1CNC(=O)c1ccc2c(c1)C1CC2C=C1C1=NC=[C+]C=C1. The standard InChI is InChI=1S/C25H22N4O/c1-14-9-24(26)29-15(2)22(14)13-28-25(30)16-6-7-18-17-11-20(19(18)10-16)21(12-17)23-5-3-4-8-27-23/h3,5-10,12,17,20H,11,13H2,1-2H3,(H2-,26,28,29,30)/p+1. The van der Waals surface area contributed by atoms with E-state index in [1.54, 1.807) is 6.20 Å². The lowest BCUT2D eigenvalue weighted by molar-refractivity contribution is 0.0950. The molecule has 148 valence electrons. The van der Waals surface area contributed by atoms with Gasteiger partial charge in [0.1, 0.15) is 18.0 Å². The number of rotatable bonds is 4. The molecule has 3 aliphatic rings. The summed E-state index contributed by atoms with van der Waals surface area (Å²) in [6.07, 6.45) is 12.0. The molecule has 2 aliphatic carbocycles. The molecule has 0 radical (unpaired) electrons. The van der Waals surface area contributed by atoms with Gasteiger partial charge in [-0.05, 0) is 60.7 Å². The minimum absolute atomic E-state index is 0.0748. The third kappa shape index (κ3) is 3.04. The molecule has 2 bridgehead atoms. The number of benzene rings is 1. The normalized spacial score (nSPS) is 20.5. The Morgan fingerprint density at radius 3 is 2.90 bits per heavy atom. The lowest BCUT2D eigenvalue weighted by Crippen LogP contribution is -2.24. The highest BCUT2D eigenvalue weighted by molar-refractivity contribution is 6.11. The van der Waals surface area contributed by atoms with Crippen molar-refractivity contribution in [2.75, 3.05) is 5.73 Å². The molecule has 30 heavy (non-hydrogen) atoms. The minimum Gasteiger partial charge on any atom is -0.384 e. The van der Waals surface area contributed by atoms with Crippen LogP contribution in [-0.2, 0) is 6.54 Å². The molecule has 5 rings (SSSR count). The zero-order valence-electron chi connectivity index (χ0n) is 17.1. The first-order valence-corrected chi connectivity index (χ1v) is 10.2. The van der Waals surface area contributed by atoms with Crippen LogP contribution in [-0.4, -0.2) is 16.6 Å². The number of aliphatic imine (C=N–C) groups is 1. The second-order valence-electron chi connectivity index (χ2n) is 8.11. The van der Waals surface area contributed by atoms with Crippen LogP contribution in [0.2, 0.25) is 0 Å². The number of nitrogens with zero attached hydrogens (tertiary/aromatic N) is 2. The molecule has 1 aromatic heterocycles. The average Bonchev–Trinajstić information content (AvgIpc) is 3.33. The van der Waals surface area contributed by atoms with Gasteiger partial charge in [0.25, 0.3) is 5.91 Å². The van der Waals surface area contributed by atoms with Gasteiger partial charge in [0.2, 0.25) is 0 Å². The fourth-order valence-corrected chi connectivity index (χ4v) is 4.83. The summed E-state index contributed by atoms with van der Waals surface area (Å²) in [5, 5.41) is 3.04. The maximum Gasteiger partial charge on any atom is 0.251 e. The summed E-state index contributed by atoms with van der Waals surface area (Å²) in [7, 11) is 0. The quantitative estimate of drug-likeness (QED) is 0.767. The summed E-state index contributed by atoms with van der Waals surface area (Å²) in [6, 6.07) is 7.93. The molecule has 2 unspecified atom stereocenters. The van der Waals surface area contributed by atoms with E-state index in [4.69, 9.17) is 5.73 Å². The van der Waals surface area contributed by atoms with Gasteiger partial charge in [-0.1, -0.05) is 12.1 Å². The van der Waals surface area contributed by atoms with E-state index in [0.29, 0.717) is 29.8 Å². The van der Waals surface area contributed by atoms with Gasteiger partial charge in [0, 0.05) is 35.2 Å². The largest absolute Gasteiger partial charge is 0.384 e. The lowest BCUT2D eigenvalue weighted by atomic mass is 9.87. The number of hydrogen-bond donors (Lipinski definition) is 2. The molecule has 0 fully saturated rings. The number of allylic oxidation sites excluding steroid dienone is 5. The maximum atomic E-state index is 12.9. The number of carbonyl (C=O) groups excluding carboxylic acids is 1. The Kier molecular flexibility index (Phi) is 4.34. The Balaban J connectivity index is 1.36. The van der Waals surface area contributed by atoms with Crippen molar-refractivity contribution >= 4 is 17.4 Å². The second kappa shape index (κ2) is 7.05. The van der Waals surface area contributed by atoms with Gasteiger partial charge in [-0.2, -0.15) is 0 Å². The van der Waals surface area contributed by atoms with Crippen LogP contribution in [0, 0.1) is 19.9 Å². The van der Waals surface area contributed by atoms with Gasteiger partial charge in [-0.3, -0.25) is 4.79 Å². The zero-order chi connectivity index (χ0) is 20.8. The van der Waals surface area contributed by atoms with Gasteiger partial charge in [-0.25, -0.2) is 9.98 Å². The monoisotopic (exact) mass is 395 g/mol. The van der Waals surface area contributed by atoms with Gasteiger partial charge in [0.15, 0.2) is 18.0 Å². The van der Waals surface area contributed by atoms with E-state index >= 15 is 0 Å². The van der Waals surface area contributed by atoms with Crippen LogP contribution in [0.15, 0.2) is 59.3 Å². The first-order valence-electron chi connectivity index (χ1n) is 10.2. The summed E-state index contributed by atoms with van der Waals surface area (Å²) < 4.78 is 0. The number of nitrogens with two attached hydrogens (primary N) is 1. The predicted octanol–water partition coefficient (Wildman–Crippen LogP) is 4.05. The van der Waals surface area contributed by atoms with E-state index < -0.39 is 0 Å². The molecular formula is C25H23N4O+. The number of pyridine rings is 1. The van der Waals surface area contributed by atoms with Crippen LogP contribution in [0.5, 0.6) is 0 Å². The third-order valence-corrected chi connectivity index (χ3v) is 6.28. The minimum atomic E-state index is -0.0748. The fraction of sp³-hybridized carbons (Fsp3) is 0.240.